The lowest BCUT2D eigenvalue weighted by Gasteiger charge is -2.15. The van der Waals surface area contributed by atoms with E-state index in [1.54, 1.807) is 25.4 Å². The molecule has 0 saturated carbocycles. The summed E-state index contributed by atoms with van der Waals surface area (Å²) in [7, 11) is 6.09. The van der Waals surface area contributed by atoms with Crippen molar-refractivity contribution >= 4 is 11.6 Å². The van der Waals surface area contributed by atoms with E-state index in [0.29, 0.717) is 35.2 Å². The number of aromatic nitrogens is 3. The van der Waals surface area contributed by atoms with Gasteiger partial charge in [-0.25, -0.2) is 4.98 Å². The predicted octanol–water partition coefficient (Wildman–Crippen LogP) is 4.33. The Hall–Kier alpha value is -4.86. The van der Waals surface area contributed by atoms with Gasteiger partial charge < -0.3 is 29.0 Å². The van der Waals surface area contributed by atoms with Crippen LogP contribution < -0.4 is 29.0 Å². The third-order valence-electron chi connectivity index (χ3n) is 5.63. The first-order valence-electron chi connectivity index (χ1n) is 11.7. The number of anilines is 1. The first kappa shape index (κ1) is 26.2. The second kappa shape index (κ2) is 12.4. The maximum atomic E-state index is 13.6. The highest BCUT2D eigenvalue weighted by Gasteiger charge is 2.22. The highest BCUT2D eigenvalue weighted by Crippen LogP contribution is 2.39. The van der Waals surface area contributed by atoms with Gasteiger partial charge >= 0.3 is 6.01 Å². The first-order chi connectivity index (χ1) is 18.6. The van der Waals surface area contributed by atoms with Crippen LogP contribution in [0.1, 0.15) is 27.2 Å². The SMILES string of the molecule is COc1ccc(CNc2nc(OCc3ccccn3)ncc2C(=O)c2cc(OC)c(OC)c(OC)c2)cc1. The number of ether oxygens (including phenoxy) is 5. The van der Waals surface area contributed by atoms with Crippen molar-refractivity contribution in [1.82, 2.24) is 15.0 Å². The Bertz CT molecular complexity index is 1360. The number of hydrogen-bond acceptors (Lipinski definition) is 10. The van der Waals surface area contributed by atoms with Crippen LogP contribution in [-0.2, 0) is 13.2 Å². The van der Waals surface area contributed by atoms with Crippen LogP contribution >= 0.6 is 0 Å². The molecule has 0 amide bonds. The number of pyridine rings is 1. The van der Waals surface area contributed by atoms with Crippen LogP contribution in [0.15, 0.2) is 67.0 Å². The molecule has 0 bridgehead atoms. The second-order valence-corrected chi connectivity index (χ2v) is 7.97. The molecule has 0 aliphatic carbocycles. The van der Waals surface area contributed by atoms with Crippen LogP contribution in [0.25, 0.3) is 0 Å². The molecule has 4 rings (SSSR count). The number of hydrogen-bond donors (Lipinski definition) is 1. The van der Waals surface area contributed by atoms with E-state index in [-0.39, 0.29) is 24.0 Å². The van der Waals surface area contributed by atoms with Gasteiger partial charge in [0.05, 0.1) is 39.7 Å². The highest BCUT2D eigenvalue weighted by molar-refractivity contribution is 6.12. The summed E-state index contributed by atoms with van der Waals surface area (Å²) in [6.07, 6.45) is 3.11. The summed E-state index contributed by atoms with van der Waals surface area (Å²) in [5, 5.41) is 3.24. The number of methoxy groups -OCH3 is 4. The number of nitrogens with one attached hydrogen (secondary N) is 1. The maximum absolute atomic E-state index is 13.6. The molecule has 0 aliphatic heterocycles. The number of ketones is 1. The van der Waals surface area contributed by atoms with Gasteiger partial charge in [-0.3, -0.25) is 9.78 Å². The summed E-state index contributed by atoms with van der Waals surface area (Å²) in [6.45, 7) is 0.579. The number of carbonyl (C=O) groups excluding carboxylic acids is 1. The van der Waals surface area contributed by atoms with Gasteiger partial charge in [-0.1, -0.05) is 18.2 Å². The molecule has 0 atom stereocenters. The Labute approximate surface area is 220 Å². The molecule has 4 aromatic rings. The lowest BCUT2D eigenvalue weighted by molar-refractivity contribution is 0.103. The quantitative estimate of drug-likeness (QED) is 0.273. The van der Waals surface area contributed by atoms with Crippen LogP contribution in [0, 0.1) is 0 Å². The van der Waals surface area contributed by atoms with Gasteiger partial charge in [0.15, 0.2) is 17.3 Å². The summed E-state index contributed by atoms with van der Waals surface area (Å²) >= 11 is 0. The standard InChI is InChI=1S/C28H28N4O6/c1-34-21-10-8-18(9-11-21)15-30-27-22(16-31-28(32-27)38-17-20-7-5-6-12-29-20)25(33)19-13-23(35-2)26(37-4)24(14-19)36-3/h5-14,16H,15,17H2,1-4H3,(H,30,31,32). The van der Waals surface area contributed by atoms with E-state index in [1.165, 1.54) is 27.5 Å². The van der Waals surface area contributed by atoms with E-state index in [4.69, 9.17) is 23.7 Å². The zero-order valence-electron chi connectivity index (χ0n) is 21.6. The lowest BCUT2D eigenvalue weighted by atomic mass is 10.0. The van der Waals surface area contributed by atoms with Crippen molar-refractivity contribution in [2.45, 2.75) is 13.2 Å². The van der Waals surface area contributed by atoms with Crippen molar-refractivity contribution in [1.29, 1.82) is 0 Å². The smallest absolute Gasteiger partial charge is 0.318 e. The van der Waals surface area contributed by atoms with Crippen LogP contribution in [0.4, 0.5) is 5.82 Å². The fraction of sp³-hybridized carbons (Fsp3) is 0.214. The molecular weight excluding hydrogens is 488 g/mol. The van der Waals surface area contributed by atoms with Gasteiger partial charge in [0, 0.05) is 24.5 Å². The molecule has 2 aromatic heterocycles. The average molecular weight is 517 g/mol. The summed E-state index contributed by atoms with van der Waals surface area (Å²) in [6, 6.07) is 16.4. The van der Waals surface area contributed by atoms with E-state index in [0.717, 1.165) is 17.0 Å². The van der Waals surface area contributed by atoms with Gasteiger partial charge in [0.25, 0.3) is 0 Å². The van der Waals surface area contributed by atoms with E-state index < -0.39 is 0 Å². The summed E-state index contributed by atoms with van der Waals surface area (Å²) in [5.74, 6) is 1.83. The van der Waals surface area contributed by atoms with Crippen LogP contribution in [0.5, 0.6) is 29.0 Å². The van der Waals surface area contributed by atoms with Gasteiger partial charge in [-0.05, 0) is 42.0 Å². The number of carbonyl (C=O) groups is 1. The zero-order chi connectivity index (χ0) is 26.9. The topological polar surface area (TPSA) is 114 Å². The monoisotopic (exact) mass is 516 g/mol. The van der Waals surface area contributed by atoms with E-state index in [1.807, 2.05) is 42.5 Å². The van der Waals surface area contributed by atoms with Gasteiger partial charge in [-0.15, -0.1) is 0 Å². The van der Waals surface area contributed by atoms with E-state index >= 15 is 0 Å². The molecule has 2 aromatic carbocycles. The molecule has 0 spiro atoms. The van der Waals surface area contributed by atoms with Crippen molar-refractivity contribution in [2.75, 3.05) is 33.8 Å². The Morgan fingerprint density at radius 2 is 1.61 bits per heavy atom. The maximum Gasteiger partial charge on any atom is 0.318 e. The van der Waals surface area contributed by atoms with Crippen molar-refractivity contribution in [2.24, 2.45) is 0 Å². The minimum Gasteiger partial charge on any atom is -0.497 e. The molecule has 0 fully saturated rings. The third-order valence-corrected chi connectivity index (χ3v) is 5.63. The molecular formula is C28H28N4O6. The average Bonchev–Trinajstić information content (AvgIpc) is 2.98. The lowest BCUT2D eigenvalue weighted by Crippen LogP contribution is -2.12. The van der Waals surface area contributed by atoms with Gasteiger partial charge in [-0.2, -0.15) is 4.98 Å². The molecule has 0 saturated heterocycles. The predicted molar refractivity (Wildman–Crippen MR) is 140 cm³/mol. The van der Waals surface area contributed by atoms with Crippen LogP contribution in [0.2, 0.25) is 0 Å². The highest BCUT2D eigenvalue weighted by atomic mass is 16.5. The largest absolute Gasteiger partial charge is 0.497 e. The number of nitrogens with zero attached hydrogens (tertiary/aromatic N) is 3. The fourth-order valence-electron chi connectivity index (χ4n) is 3.65. The van der Waals surface area contributed by atoms with Crippen molar-refractivity contribution in [3.63, 3.8) is 0 Å². The Kier molecular flexibility index (Phi) is 8.55. The molecule has 10 heteroatoms. The van der Waals surface area contributed by atoms with E-state index in [2.05, 4.69) is 20.3 Å². The van der Waals surface area contributed by atoms with E-state index in [9.17, 15) is 4.79 Å². The fourth-order valence-corrected chi connectivity index (χ4v) is 3.65. The van der Waals surface area contributed by atoms with Crippen molar-refractivity contribution in [3.8, 4) is 29.0 Å². The minimum atomic E-state index is -0.335. The Morgan fingerprint density at radius 3 is 2.21 bits per heavy atom. The molecule has 0 radical (unpaired) electrons. The van der Waals surface area contributed by atoms with Crippen molar-refractivity contribution in [3.05, 3.63) is 89.4 Å². The zero-order valence-corrected chi connectivity index (χ0v) is 21.6. The molecule has 0 unspecified atom stereocenters. The summed E-state index contributed by atoms with van der Waals surface area (Å²) in [4.78, 5) is 26.7. The third kappa shape index (κ3) is 6.09. The Morgan fingerprint density at radius 1 is 0.868 bits per heavy atom. The first-order valence-corrected chi connectivity index (χ1v) is 11.7. The molecule has 1 N–H and O–H groups in total. The number of rotatable bonds is 12. The normalized spacial score (nSPS) is 10.4. The summed E-state index contributed by atoms with van der Waals surface area (Å²) < 4.78 is 27.2. The van der Waals surface area contributed by atoms with Crippen molar-refractivity contribution < 1.29 is 28.5 Å². The van der Waals surface area contributed by atoms with Gasteiger partial charge in [0.2, 0.25) is 5.75 Å². The molecule has 10 nitrogen and oxygen atoms in total. The van der Waals surface area contributed by atoms with Crippen LogP contribution in [-0.4, -0.2) is 49.2 Å². The minimum absolute atomic E-state index is 0.106. The number of benzene rings is 2. The molecule has 0 aliphatic rings. The molecule has 38 heavy (non-hydrogen) atoms. The summed E-state index contributed by atoms with van der Waals surface area (Å²) in [5.41, 5.74) is 2.25. The van der Waals surface area contributed by atoms with Crippen LogP contribution in [0.3, 0.4) is 0 Å². The Balaban J connectivity index is 1.66. The second-order valence-electron chi connectivity index (χ2n) is 7.97. The van der Waals surface area contributed by atoms with Gasteiger partial charge in [0.1, 0.15) is 18.2 Å². The molecule has 196 valence electrons. The molecule has 2 heterocycles.